The van der Waals surface area contributed by atoms with Crippen LogP contribution in [0, 0.1) is 0 Å². The molecule has 1 heterocycles. The van der Waals surface area contributed by atoms with Gasteiger partial charge >= 0.3 is 0 Å². The van der Waals surface area contributed by atoms with Crippen molar-refractivity contribution in [1.29, 1.82) is 0 Å². The van der Waals surface area contributed by atoms with Gasteiger partial charge in [0.15, 0.2) is 11.5 Å². The third kappa shape index (κ3) is 2.49. The van der Waals surface area contributed by atoms with Crippen LogP contribution in [0.2, 0.25) is 0 Å². The quantitative estimate of drug-likeness (QED) is 0.910. The van der Waals surface area contributed by atoms with Crippen molar-refractivity contribution >= 4 is 0 Å². The Balaban J connectivity index is 2.50. The average molecular weight is 275 g/mol. The number of rotatable bonds is 5. The number of hydrogen-bond acceptors (Lipinski definition) is 4. The summed E-state index contributed by atoms with van der Waals surface area (Å²) in [4.78, 5) is 4.26. The molecule has 0 atom stereocenters. The normalized spacial score (nSPS) is 11.4. The molecule has 0 aliphatic rings. The summed E-state index contributed by atoms with van der Waals surface area (Å²) in [7, 11) is 5.20. The lowest BCUT2D eigenvalue weighted by atomic mass is 10.0. The molecule has 0 aliphatic carbocycles. The predicted molar refractivity (Wildman–Crippen MR) is 78.8 cm³/mol. The number of benzene rings is 1. The van der Waals surface area contributed by atoms with Gasteiger partial charge in [0, 0.05) is 6.07 Å². The lowest BCUT2D eigenvalue weighted by molar-refractivity contribution is 0.354. The molecule has 5 nitrogen and oxygen atoms in total. The highest BCUT2D eigenvalue weighted by atomic mass is 16.5. The molecule has 1 aromatic carbocycles. The summed E-state index contributed by atoms with van der Waals surface area (Å²) in [5.41, 5.74) is 1.88. The van der Waals surface area contributed by atoms with Crippen molar-refractivity contribution in [2.75, 3.05) is 21.3 Å². The molecule has 0 fully saturated rings. The van der Waals surface area contributed by atoms with Gasteiger partial charge in [0.05, 0.1) is 43.7 Å². The average Bonchev–Trinajstić information content (AvgIpc) is 2.96. The number of methoxy groups -OCH3 is 2. The van der Waals surface area contributed by atoms with Gasteiger partial charge in [-0.2, -0.15) is 0 Å². The van der Waals surface area contributed by atoms with Crippen molar-refractivity contribution in [3.8, 4) is 17.2 Å². The van der Waals surface area contributed by atoms with Crippen LogP contribution in [0.4, 0.5) is 0 Å². The number of hydrogen-bond donors (Lipinski definition) is 1. The van der Waals surface area contributed by atoms with Gasteiger partial charge < -0.3 is 19.4 Å². The Morgan fingerprint density at radius 1 is 1.15 bits per heavy atom. The van der Waals surface area contributed by atoms with E-state index in [0.717, 1.165) is 11.4 Å². The van der Waals surface area contributed by atoms with E-state index >= 15 is 0 Å². The monoisotopic (exact) mass is 275 g/mol. The molecule has 2 rings (SSSR count). The second-order valence-electron chi connectivity index (χ2n) is 5.06. The van der Waals surface area contributed by atoms with E-state index in [1.807, 2.05) is 36.0 Å². The van der Waals surface area contributed by atoms with E-state index in [1.54, 1.807) is 20.5 Å². The number of aromatic nitrogens is 2. The van der Waals surface area contributed by atoms with Crippen LogP contribution in [-0.2, 0) is 5.54 Å². The first kappa shape index (κ1) is 14.4. The van der Waals surface area contributed by atoms with E-state index in [-0.39, 0.29) is 5.54 Å². The molecule has 2 aromatic rings. The number of ether oxygens (including phenoxy) is 2. The molecule has 0 unspecified atom stereocenters. The SMILES string of the molecule is CNC(C)(C)c1cncn1-c1ccc(OC)c(OC)c1. The van der Waals surface area contributed by atoms with Crippen LogP contribution in [0.25, 0.3) is 5.69 Å². The molecule has 0 amide bonds. The van der Waals surface area contributed by atoms with Crippen molar-refractivity contribution in [1.82, 2.24) is 14.9 Å². The lowest BCUT2D eigenvalue weighted by Crippen LogP contribution is -2.35. The predicted octanol–water partition coefficient (Wildman–Crippen LogP) is 2.34. The van der Waals surface area contributed by atoms with Gasteiger partial charge in [0.25, 0.3) is 0 Å². The molecular formula is C15H21N3O2. The molecule has 108 valence electrons. The summed E-state index contributed by atoms with van der Waals surface area (Å²) in [6, 6.07) is 5.82. The zero-order chi connectivity index (χ0) is 14.8. The van der Waals surface area contributed by atoms with Crippen LogP contribution in [0.3, 0.4) is 0 Å². The first-order chi connectivity index (χ1) is 9.53. The van der Waals surface area contributed by atoms with Crippen LogP contribution in [0.1, 0.15) is 19.5 Å². The van der Waals surface area contributed by atoms with E-state index in [2.05, 4.69) is 24.1 Å². The fourth-order valence-electron chi connectivity index (χ4n) is 2.07. The van der Waals surface area contributed by atoms with Crippen molar-refractivity contribution in [2.45, 2.75) is 19.4 Å². The molecule has 0 radical (unpaired) electrons. The standard InChI is InChI=1S/C15H21N3O2/c1-15(2,16-3)14-9-17-10-18(14)11-6-7-12(19-4)13(8-11)20-5/h6-10,16H,1-5H3. The van der Waals surface area contributed by atoms with Gasteiger partial charge in [0.1, 0.15) is 0 Å². The maximum Gasteiger partial charge on any atom is 0.162 e. The van der Waals surface area contributed by atoms with Gasteiger partial charge in [-0.05, 0) is 33.0 Å². The third-order valence-electron chi connectivity index (χ3n) is 3.55. The smallest absolute Gasteiger partial charge is 0.162 e. The second kappa shape index (κ2) is 5.54. The molecule has 0 aliphatic heterocycles. The minimum atomic E-state index is -0.177. The number of imidazole rings is 1. The highest BCUT2D eigenvalue weighted by Gasteiger charge is 2.23. The van der Waals surface area contributed by atoms with Gasteiger partial charge in [-0.25, -0.2) is 4.98 Å². The van der Waals surface area contributed by atoms with Gasteiger partial charge in [-0.1, -0.05) is 0 Å². The Labute approximate surface area is 119 Å². The maximum absolute atomic E-state index is 5.35. The van der Waals surface area contributed by atoms with Gasteiger partial charge in [-0.15, -0.1) is 0 Å². The highest BCUT2D eigenvalue weighted by Crippen LogP contribution is 2.31. The summed E-state index contributed by atoms with van der Waals surface area (Å²) in [5.74, 6) is 1.41. The topological polar surface area (TPSA) is 48.3 Å². The van der Waals surface area contributed by atoms with Crippen molar-refractivity contribution in [3.05, 3.63) is 36.4 Å². The summed E-state index contributed by atoms with van der Waals surface area (Å²) in [5, 5.41) is 3.29. The van der Waals surface area contributed by atoms with E-state index in [9.17, 15) is 0 Å². The molecular weight excluding hydrogens is 254 g/mol. The molecule has 1 N–H and O–H groups in total. The molecule has 20 heavy (non-hydrogen) atoms. The first-order valence-corrected chi connectivity index (χ1v) is 6.47. The van der Waals surface area contributed by atoms with Crippen LogP contribution < -0.4 is 14.8 Å². The van der Waals surface area contributed by atoms with Crippen LogP contribution in [0.5, 0.6) is 11.5 Å². The van der Waals surface area contributed by atoms with Gasteiger partial charge in [-0.3, -0.25) is 0 Å². The molecule has 0 saturated heterocycles. The molecule has 5 heteroatoms. The fourth-order valence-corrected chi connectivity index (χ4v) is 2.07. The van der Waals surface area contributed by atoms with E-state index in [0.29, 0.717) is 11.5 Å². The molecule has 0 saturated carbocycles. The Hall–Kier alpha value is -2.01. The first-order valence-electron chi connectivity index (χ1n) is 6.47. The zero-order valence-corrected chi connectivity index (χ0v) is 12.6. The Morgan fingerprint density at radius 2 is 1.85 bits per heavy atom. The molecule has 0 spiro atoms. The Kier molecular flexibility index (Phi) is 3.99. The van der Waals surface area contributed by atoms with E-state index in [4.69, 9.17) is 9.47 Å². The minimum absolute atomic E-state index is 0.177. The van der Waals surface area contributed by atoms with Crippen molar-refractivity contribution < 1.29 is 9.47 Å². The number of nitrogens with zero attached hydrogens (tertiary/aromatic N) is 2. The van der Waals surface area contributed by atoms with Crippen LogP contribution in [-0.4, -0.2) is 30.8 Å². The van der Waals surface area contributed by atoms with Crippen molar-refractivity contribution in [3.63, 3.8) is 0 Å². The maximum atomic E-state index is 5.35. The zero-order valence-electron chi connectivity index (χ0n) is 12.6. The third-order valence-corrected chi connectivity index (χ3v) is 3.55. The number of nitrogens with one attached hydrogen (secondary N) is 1. The largest absolute Gasteiger partial charge is 0.493 e. The summed E-state index contributed by atoms with van der Waals surface area (Å²) < 4.78 is 12.7. The summed E-state index contributed by atoms with van der Waals surface area (Å²) in [6.07, 6.45) is 3.67. The minimum Gasteiger partial charge on any atom is -0.493 e. The van der Waals surface area contributed by atoms with Gasteiger partial charge in [0.2, 0.25) is 0 Å². The summed E-state index contributed by atoms with van der Waals surface area (Å²) >= 11 is 0. The highest BCUT2D eigenvalue weighted by molar-refractivity contribution is 5.49. The fraction of sp³-hybridized carbons (Fsp3) is 0.400. The van der Waals surface area contributed by atoms with E-state index in [1.165, 1.54) is 0 Å². The second-order valence-corrected chi connectivity index (χ2v) is 5.06. The Morgan fingerprint density at radius 3 is 2.45 bits per heavy atom. The lowest BCUT2D eigenvalue weighted by Gasteiger charge is -2.25. The summed E-state index contributed by atoms with van der Waals surface area (Å²) in [6.45, 7) is 4.22. The Bertz CT molecular complexity index is 591. The van der Waals surface area contributed by atoms with Crippen LogP contribution >= 0.6 is 0 Å². The van der Waals surface area contributed by atoms with Crippen LogP contribution in [0.15, 0.2) is 30.7 Å². The van der Waals surface area contributed by atoms with Crippen molar-refractivity contribution in [2.24, 2.45) is 0 Å². The molecule has 1 aromatic heterocycles. The van der Waals surface area contributed by atoms with E-state index < -0.39 is 0 Å². The molecule has 0 bridgehead atoms.